The SMILES string of the molecule is CCCCCCC(=O)N1C[C@H](O)C[C@H]1CO. The van der Waals surface area contributed by atoms with Gasteiger partial charge >= 0.3 is 0 Å². The molecular formula is C12H23NO3. The van der Waals surface area contributed by atoms with E-state index < -0.39 is 6.10 Å². The van der Waals surface area contributed by atoms with Crippen LogP contribution in [0.3, 0.4) is 0 Å². The Balaban J connectivity index is 2.29. The molecule has 4 nitrogen and oxygen atoms in total. The number of likely N-dealkylation sites (tertiary alicyclic amines) is 1. The van der Waals surface area contributed by atoms with Gasteiger partial charge in [-0.1, -0.05) is 26.2 Å². The van der Waals surface area contributed by atoms with Crippen LogP contribution in [0.25, 0.3) is 0 Å². The monoisotopic (exact) mass is 229 g/mol. The fourth-order valence-corrected chi connectivity index (χ4v) is 2.22. The fourth-order valence-electron chi connectivity index (χ4n) is 2.22. The summed E-state index contributed by atoms with van der Waals surface area (Å²) in [5.41, 5.74) is 0. The molecule has 0 aromatic carbocycles. The molecule has 1 aliphatic rings. The zero-order valence-corrected chi connectivity index (χ0v) is 10.1. The van der Waals surface area contributed by atoms with E-state index in [0.717, 1.165) is 19.3 Å². The zero-order chi connectivity index (χ0) is 12.0. The number of nitrogens with zero attached hydrogens (tertiary/aromatic N) is 1. The normalized spacial score (nSPS) is 25.1. The average Bonchev–Trinajstić information content (AvgIpc) is 2.65. The van der Waals surface area contributed by atoms with Crippen molar-refractivity contribution in [3.63, 3.8) is 0 Å². The minimum Gasteiger partial charge on any atom is -0.394 e. The topological polar surface area (TPSA) is 60.8 Å². The molecule has 0 radical (unpaired) electrons. The second kappa shape index (κ2) is 6.86. The van der Waals surface area contributed by atoms with Crippen molar-refractivity contribution in [2.45, 2.75) is 57.6 Å². The molecular weight excluding hydrogens is 206 g/mol. The third-order valence-corrected chi connectivity index (χ3v) is 3.17. The number of aliphatic hydroxyl groups excluding tert-OH is 2. The summed E-state index contributed by atoms with van der Waals surface area (Å²) < 4.78 is 0. The van der Waals surface area contributed by atoms with Crippen molar-refractivity contribution >= 4 is 5.91 Å². The lowest BCUT2D eigenvalue weighted by molar-refractivity contribution is -0.133. The van der Waals surface area contributed by atoms with Crippen molar-refractivity contribution in [3.05, 3.63) is 0 Å². The molecule has 0 unspecified atom stereocenters. The third-order valence-electron chi connectivity index (χ3n) is 3.17. The van der Waals surface area contributed by atoms with Crippen LogP contribution in [-0.4, -0.2) is 46.3 Å². The van der Waals surface area contributed by atoms with Gasteiger partial charge in [-0.05, 0) is 12.8 Å². The number of amides is 1. The lowest BCUT2D eigenvalue weighted by Crippen LogP contribution is -2.37. The van der Waals surface area contributed by atoms with E-state index in [1.54, 1.807) is 4.90 Å². The maximum atomic E-state index is 11.8. The molecule has 2 N–H and O–H groups in total. The molecule has 1 fully saturated rings. The summed E-state index contributed by atoms with van der Waals surface area (Å²) in [6.45, 7) is 2.48. The van der Waals surface area contributed by atoms with Crippen LogP contribution in [-0.2, 0) is 4.79 Å². The summed E-state index contributed by atoms with van der Waals surface area (Å²) in [6.07, 6.45) is 4.92. The number of carbonyl (C=O) groups is 1. The van der Waals surface area contributed by atoms with E-state index in [9.17, 15) is 9.90 Å². The first kappa shape index (κ1) is 13.5. The number of β-amino-alcohol motifs (C(OH)–C–C–N with tert-alkyl or cyclic N) is 1. The molecule has 1 amide bonds. The van der Waals surface area contributed by atoms with E-state index in [1.165, 1.54) is 6.42 Å². The van der Waals surface area contributed by atoms with E-state index in [1.807, 2.05) is 0 Å². The lowest BCUT2D eigenvalue weighted by Gasteiger charge is -2.22. The maximum Gasteiger partial charge on any atom is 0.222 e. The molecule has 1 rings (SSSR count). The first-order chi connectivity index (χ1) is 7.69. The zero-order valence-electron chi connectivity index (χ0n) is 10.1. The van der Waals surface area contributed by atoms with Gasteiger partial charge in [0.05, 0.1) is 18.8 Å². The van der Waals surface area contributed by atoms with Gasteiger partial charge in [-0.15, -0.1) is 0 Å². The maximum absolute atomic E-state index is 11.8. The Morgan fingerprint density at radius 1 is 1.38 bits per heavy atom. The standard InChI is InChI=1S/C12H23NO3/c1-2-3-4-5-6-12(16)13-8-11(15)7-10(13)9-14/h10-11,14-15H,2-9H2,1H3/t10-,11+/m0/s1. The number of hydrogen-bond acceptors (Lipinski definition) is 3. The molecule has 1 saturated heterocycles. The summed E-state index contributed by atoms with van der Waals surface area (Å²) in [5.74, 6) is 0.0757. The molecule has 0 saturated carbocycles. The number of carbonyl (C=O) groups excluding carboxylic acids is 1. The summed E-state index contributed by atoms with van der Waals surface area (Å²) >= 11 is 0. The van der Waals surface area contributed by atoms with Gasteiger partial charge in [0.2, 0.25) is 5.91 Å². The van der Waals surface area contributed by atoms with Crippen LogP contribution in [0.1, 0.15) is 45.4 Å². The van der Waals surface area contributed by atoms with Crippen molar-refractivity contribution in [3.8, 4) is 0 Å². The average molecular weight is 229 g/mol. The molecule has 16 heavy (non-hydrogen) atoms. The van der Waals surface area contributed by atoms with Gasteiger partial charge in [-0.2, -0.15) is 0 Å². The third kappa shape index (κ3) is 3.76. The highest BCUT2D eigenvalue weighted by Crippen LogP contribution is 2.19. The molecule has 0 bridgehead atoms. The van der Waals surface area contributed by atoms with E-state index in [-0.39, 0.29) is 18.6 Å². The van der Waals surface area contributed by atoms with Gasteiger partial charge in [0.1, 0.15) is 0 Å². The lowest BCUT2D eigenvalue weighted by atomic mass is 10.1. The van der Waals surface area contributed by atoms with Gasteiger partial charge in [-0.25, -0.2) is 0 Å². The van der Waals surface area contributed by atoms with Crippen LogP contribution in [0.2, 0.25) is 0 Å². The quantitative estimate of drug-likeness (QED) is 0.666. The summed E-state index contributed by atoms with van der Waals surface area (Å²) in [6, 6.07) is -0.173. The molecule has 1 heterocycles. The highest BCUT2D eigenvalue weighted by Gasteiger charge is 2.33. The van der Waals surface area contributed by atoms with Gasteiger partial charge in [0.25, 0.3) is 0 Å². The van der Waals surface area contributed by atoms with Gasteiger partial charge in [0.15, 0.2) is 0 Å². The minimum absolute atomic E-state index is 0.0439. The van der Waals surface area contributed by atoms with Crippen LogP contribution in [0.15, 0.2) is 0 Å². The first-order valence-corrected chi connectivity index (χ1v) is 6.27. The van der Waals surface area contributed by atoms with Gasteiger partial charge < -0.3 is 15.1 Å². The fraction of sp³-hybridized carbons (Fsp3) is 0.917. The Morgan fingerprint density at radius 2 is 2.12 bits per heavy atom. The summed E-state index contributed by atoms with van der Waals surface area (Å²) in [7, 11) is 0. The molecule has 1 aliphatic heterocycles. The van der Waals surface area contributed by atoms with E-state index >= 15 is 0 Å². The smallest absolute Gasteiger partial charge is 0.222 e. The Bertz CT molecular complexity index is 220. The van der Waals surface area contributed by atoms with Crippen LogP contribution in [0.5, 0.6) is 0 Å². The van der Waals surface area contributed by atoms with Crippen LogP contribution < -0.4 is 0 Å². The number of hydrogen-bond donors (Lipinski definition) is 2. The van der Waals surface area contributed by atoms with Crippen LogP contribution in [0, 0.1) is 0 Å². The largest absolute Gasteiger partial charge is 0.394 e. The highest BCUT2D eigenvalue weighted by atomic mass is 16.3. The van der Waals surface area contributed by atoms with Crippen LogP contribution >= 0.6 is 0 Å². The second-order valence-electron chi connectivity index (χ2n) is 4.58. The van der Waals surface area contributed by atoms with E-state index in [0.29, 0.717) is 19.4 Å². The predicted molar refractivity (Wildman–Crippen MR) is 62.0 cm³/mol. The van der Waals surface area contributed by atoms with Crippen molar-refractivity contribution in [1.29, 1.82) is 0 Å². The van der Waals surface area contributed by atoms with Crippen molar-refractivity contribution in [2.75, 3.05) is 13.2 Å². The Hall–Kier alpha value is -0.610. The Kier molecular flexibility index (Phi) is 5.77. The molecule has 2 atom stereocenters. The Labute approximate surface area is 97.3 Å². The molecule has 0 aromatic rings. The molecule has 4 heteroatoms. The van der Waals surface area contributed by atoms with Crippen molar-refractivity contribution in [1.82, 2.24) is 4.90 Å². The van der Waals surface area contributed by atoms with Gasteiger partial charge in [0, 0.05) is 13.0 Å². The van der Waals surface area contributed by atoms with E-state index in [4.69, 9.17) is 5.11 Å². The minimum atomic E-state index is -0.461. The van der Waals surface area contributed by atoms with Crippen molar-refractivity contribution < 1.29 is 15.0 Å². The highest BCUT2D eigenvalue weighted by molar-refractivity contribution is 5.76. The molecule has 0 aromatic heterocycles. The summed E-state index contributed by atoms with van der Waals surface area (Å²) in [4.78, 5) is 13.5. The van der Waals surface area contributed by atoms with Gasteiger partial charge in [-0.3, -0.25) is 4.79 Å². The van der Waals surface area contributed by atoms with E-state index in [2.05, 4.69) is 6.92 Å². The molecule has 0 spiro atoms. The number of rotatable bonds is 6. The number of aliphatic hydroxyl groups is 2. The Morgan fingerprint density at radius 3 is 2.75 bits per heavy atom. The van der Waals surface area contributed by atoms with Crippen molar-refractivity contribution in [2.24, 2.45) is 0 Å². The second-order valence-corrected chi connectivity index (χ2v) is 4.58. The summed E-state index contributed by atoms with van der Waals surface area (Å²) in [5, 5.41) is 18.6. The van der Waals surface area contributed by atoms with Crippen LogP contribution in [0.4, 0.5) is 0 Å². The number of unbranched alkanes of at least 4 members (excludes halogenated alkanes) is 3. The molecule has 94 valence electrons. The first-order valence-electron chi connectivity index (χ1n) is 6.27. The molecule has 0 aliphatic carbocycles. The predicted octanol–water partition coefficient (Wildman–Crippen LogP) is 0.911.